The summed E-state index contributed by atoms with van der Waals surface area (Å²) in [4.78, 5) is 14.9. The predicted molar refractivity (Wildman–Crippen MR) is 280 cm³/mol. The van der Waals surface area contributed by atoms with E-state index in [1.54, 1.807) is 79.4 Å². The molecule has 57 heavy (non-hydrogen) atoms. The second-order valence-electron chi connectivity index (χ2n) is 8.63. The Bertz CT molecular complexity index is 1870. The van der Waals surface area contributed by atoms with Gasteiger partial charge in [0.05, 0.1) is 24.2 Å². The van der Waals surface area contributed by atoms with Gasteiger partial charge in [0.2, 0.25) is 0 Å². The lowest BCUT2D eigenvalue weighted by Gasteiger charge is -1.71. The number of oxazole rings is 1. The highest BCUT2D eigenvalue weighted by Gasteiger charge is 2.01. The van der Waals surface area contributed by atoms with Crippen molar-refractivity contribution < 1.29 is 4.42 Å². The van der Waals surface area contributed by atoms with Crippen molar-refractivity contribution in [1.82, 2.24) is 15.0 Å². The summed E-state index contributed by atoms with van der Waals surface area (Å²) >= 11 is 15.8. The summed E-state index contributed by atoms with van der Waals surface area (Å²) in [6.45, 7) is 33.9. The summed E-state index contributed by atoms with van der Waals surface area (Å²) in [6.07, 6.45) is 0. The molecule has 0 saturated heterocycles. The normalized spacial score (nSPS) is 8.79. The summed E-state index contributed by atoms with van der Waals surface area (Å²) in [6, 6.07) is 14.7. The van der Waals surface area contributed by atoms with Gasteiger partial charge in [0, 0.05) is 21.7 Å². The molecule has 316 valence electrons. The van der Waals surface area contributed by atoms with Crippen molar-refractivity contribution in [3.8, 4) is 0 Å². The van der Waals surface area contributed by atoms with E-state index >= 15 is 0 Å². The quantitative estimate of drug-likeness (QED) is 0.152. The van der Waals surface area contributed by atoms with Gasteiger partial charge in [0.15, 0.2) is 16.3 Å². The van der Waals surface area contributed by atoms with E-state index in [9.17, 15) is 0 Å². The lowest BCUT2D eigenvalue weighted by atomic mass is 10.4. The molecule has 0 aromatic carbocycles. The van der Waals surface area contributed by atoms with E-state index in [0.717, 1.165) is 31.8 Å². The Kier molecular flexibility index (Phi) is 36.6. The van der Waals surface area contributed by atoms with E-state index < -0.39 is 0 Å². The average molecular weight is 941 g/mol. The SMILES string of the molecule is CC.CC.CC.CC.CC.CC.CC.Cc1nc2ccsc2s1.Cc1nc2sccc2o1.Cc1nc2sccc2s1.c1cc2ccsc2s1.c1cc2sccc2s1. The maximum atomic E-state index is 5.21. The van der Waals surface area contributed by atoms with E-state index in [4.69, 9.17) is 4.42 Å². The molecule has 13 heteroatoms. The van der Waals surface area contributed by atoms with Gasteiger partial charge < -0.3 is 4.42 Å². The zero-order valence-electron chi connectivity index (χ0n) is 37.0. The topological polar surface area (TPSA) is 51.8 Å². The minimum atomic E-state index is 0.747. The molecule has 10 rings (SSSR count). The Hall–Kier alpha value is -2.33. The number of aryl methyl sites for hydroxylation is 3. The molecule has 0 fully saturated rings. The Morgan fingerprint density at radius 2 is 0.825 bits per heavy atom. The van der Waals surface area contributed by atoms with Crippen LogP contribution >= 0.6 is 102 Å². The number of thiophene rings is 7. The maximum absolute atomic E-state index is 5.21. The lowest BCUT2D eigenvalue weighted by molar-refractivity contribution is 0.561. The van der Waals surface area contributed by atoms with Crippen LogP contribution in [0.4, 0.5) is 0 Å². The van der Waals surface area contributed by atoms with Gasteiger partial charge in [-0.2, -0.15) is 0 Å². The van der Waals surface area contributed by atoms with Gasteiger partial charge in [0.1, 0.15) is 8.84 Å². The summed E-state index contributed by atoms with van der Waals surface area (Å²) in [5.74, 6) is 0.747. The highest BCUT2D eigenvalue weighted by molar-refractivity contribution is 7.37. The molecule has 0 radical (unpaired) electrons. The molecular weight excluding hydrogens is 875 g/mol. The minimum absolute atomic E-state index is 0.747. The maximum Gasteiger partial charge on any atom is 0.193 e. The van der Waals surface area contributed by atoms with Crippen LogP contribution in [0.1, 0.15) is 113 Å². The van der Waals surface area contributed by atoms with Crippen LogP contribution in [0.25, 0.3) is 48.3 Å². The molecule has 0 N–H and O–H groups in total. The Balaban J connectivity index is 0. The second-order valence-corrected chi connectivity index (χ2v) is 18.0. The van der Waals surface area contributed by atoms with Gasteiger partial charge in [-0.1, -0.05) is 96.9 Å². The van der Waals surface area contributed by atoms with E-state index in [1.165, 1.54) is 32.3 Å². The van der Waals surface area contributed by atoms with Crippen molar-refractivity contribution in [2.75, 3.05) is 0 Å². The number of hydrogen-bond acceptors (Lipinski definition) is 13. The predicted octanol–water partition coefficient (Wildman–Crippen LogP) is 20.6. The molecule has 0 aliphatic rings. The van der Waals surface area contributed by atoms with Gasteiger partial charge in [-0.3, -0.25) is 0 Å². The van der Waals surface area contributed by atoms with Crippen LogP contribution in [-0.2, 0) is 0 Å². The standard InChI is InChI=1S/C6H5NOS.2C6H5NS2.2C6H4S2.7C2H6/c1-4-7-6-5(8-4)2-3-9-6;1-4-7-6-5(9-4)2-3-8-6;1-4-7-5-2-3-8-6(5)9-4;1-3-7-6-2-4-8-5(1)6;1-3-7-6-5(1)2-4-8-6;7*1-2/h3*2-3H,1H3;2*1-4H;7*1-2H3. The highest BCUT2D eigenvalue weighted by Crippen LogP contribution is 2.28. The van der Waals surface area contributed by atoms with Gasteiger partial charge in [-0.15, -0.1) is 102 Å². The van der Waals surface area contributed by atoms with Crippen molar-refractivity contribution in [2.24, 2.45) is 0 Å². The average Bonchev–Trinajstić information content (AvgIpc) is 4.08. The monoisotopic (exact) mass is 939 g/mol. The van der Waals surface area contributed by atoms with Crippen LogP contribution in [0.3, 0.4) is 0 Å². The molecule has 10 aromatic heterocycles. The third-order valence-electron chi connectivity index (χ3n) is 5.53. The molecule has 0 saturated carbocycles. The second kappa shape index (κ2) is 36.7. The molecule has 0 bridgehead atoms. The largest absolute Gasteiger partial charge is 0.440 e. The molecule has 0 unspecified atom stereocenters. The molecule has 0 spiro atoms. The number of nitrogens with zero attached hydrogens (tertiary/aromatic N) is 3. The van der Waals surface area contributed by atoms with Crippen LogP contribution < -0.4 is 0 Å². The highest BCUT2D eigenvalue weighted by atomic mass is 32.2. The Morgan fingerprint density at radius 1 is 0.386 bits per heavy atom. The van der Waals surface area contributed by atoms with Crippen molar-refractivity contribution >= 4 is 150 Å². The number of fused-ring (bicyclic) bond motifs is 5. The van der Waals surface area contributed by atoms with Gasteiger partial charge in [-0.25, -0.2) is 15.0 Å². The first-order chi connectivity index (χ1) is 28.0. The van der Waals surface area contributed by atoms with E-state index in [0.29, 0.717) is 0 Å². The first-order valence-corrected chi connectivity index (χ1v) is 27.5. The number of thiazole rings is 2. The molecule has 10 aromatic rings. The number of aromatic nitrogens is 3. The number of rotatable bonds is 0. The van der Waals surface area contributed by atoms with Crippen LogP contribution in [0.15, 0.2) is 84.5 Å². The Morgan fingerprint density at radius 3 is 1.33 bits per heavy atom. The lowest BCUT2D eigenvalue weighted by Crippen LogP contribution is -1.61. The molecular formula is C44H65N3OS9. The van der Waals surface area contributed by atoms with Crippen LogP contribution in [0.2, 0.25) is 0 Å². The summed E-state index contributed by atoms with van der Waals surface area (Å²) in [5.41, 5.74) is 2.06. The van der Waals surface area contributed by atoms with Crippen molar-refractivity contribution in [3.05, 3.63) is 96.0 Å². The number of hydrogen-bond donors (Lipinski definition) is 0. The van der Waals surface area contributed by atoms with Crippen LogP contribution in [0, 0.1) is 20.8 Å². The molecule has 4 nitrogen and oxygen atoms in total. The third-order valence-corrected chi connectivity index (χ3v) is 14.1. The summed E-state index contributed by atoms with van der Waals surface area (Å²) in [7, 11) is 0. The van der Waals surface area contributed by atoms with Gasteiger partial charge in [-0.05, 0) is 94.0 Å². The molecule has 0 aliphatic carbocycles. The molecule has 10 heterocycles. The van der Waals surface area contributed by atoms with Crippen molar-refractivity contribution in [2.45, 2.75) is 118 Å². The smallest absolute Gasteiger partial charge is 0.193 e. The summed E-state index contributed by atoms with van der Waals surface area (Å²) in [5, 5.41) is 18.3. The van der Waals surface area contributed by atoms with E-state index in [1.807, 2.05) is 152 Å². The fraction of sp³-hybridized carbons (Fsp3) is 0.386. The van der Waals surface area contributed by atoms with Gasteiger partial charge in [0.25, 0.3) is 0 Å². The zero-order chi connectivity index (χ0) is 43.6. The first-order valence-electron chi connectivity index (χ1n) is 19.7. The fourth-order valence-electron chi connectivity index (χ4n) is 3.71. The molecule has 0 amide bonds. The zero-order valence-corrected chi connectivity index (χ0v) is 44.4. The van der Waals surface area contributed by atoms with E-state index in [2.05, 4.69) is 83.6 Å². The summed E-state index contributed by atoms with van der Waals surface area (Å²) < 4.78 is 12.1. The Labute approximate surface area is 380 Å². The van der Waals surface area contributed by atoms with Crippen LogP contribution in [-0.4, -0.2) is 15.0 Å². The van der Waals surface area contributed by atoms with Crippen LogP contribution in [0.5, 0.6) is 0 Å². The first kappa shape index (κ1) is 56.8. The molecule has 0 aliphatic heterocycles. The van der Waals surface area contributed by atoms with Crippen molar-refractivity contribution in [3.63, 3.8) is 0 Å². The molecule has 0 atom stereocenters. The van der Waals surface area contributed by atoms with Gasteiger partial charge >= 0.3 is 0 Å². The fourth-order valence-corrected chi connectivity index (χ4v) is 11.8. The van der Waals surface area contributed by atoms with Crippen molar-refractivity contribution in [1.29, 1.82) is 0 Å². The third kappa shape index (κ3) is 20.5. The van der Waals surface area contributed by atoms with E-state index in [-0.39, 0.29) is 0 Å². The minimum Gasteiger partial charge on any atom is -0.440 e.